The molecule has 0 saturated carbocycles. The third-order valence-corrected chi connectivity index (χ3v) is 6.77. The lowest BCUT2D eigenvalue weighted by Gasteiger charge is -2.40. The van der Waals surface area contributed by atoms with Crippen molar-refractivity contribution < 1.29 is 54.7 Å². The number of aromatic hydroxyl groups is 1. The molecule has 0 aliphatic carbocycles. The summed E-state index contributed by atoms with van der Waals surface area (Å²) in [6.07, 6.45) is -9.11. The van der Waals surface area contributed by atoms with E-state index in [9.17, 15) is 35.7 Å². The molecule has 0 radical (unpaired) electrons. The average molecular weight is 535 g/mol. The van der Waals surface area contributed by atoms with Crippen molar-refractivity contribution in [2.45, 2.75) is 69.3 Å². The van der Waals surface area contributed by atoms with Gasteiger partial charge >= 0.3 is 0 Å². The van der Waals surface area contributed by atoms with Gasteiger partial charge in [0.1, 0.15) is 59.6 Å². The number of hydrogen-bond acceptors (Lipinski definition) is 11. The molecular weight excluding hydrogens is 500 g/mol. The van der Waals surface area contributed by atoms with E-state index < -0.39 is 55.6 Å². The molecule has 2 heterocycles. The molecule has 11 heteroatoms. The van der Waals surface area contributed by atoms with Crippen molar-refractivity contribution in [1.29, 1.82) is 0 Å². The molecule has 0 amide bonds. The SMILES string of the molecule is COc1cc(O[C@@H]2OC(CO)[C@@H](O)[C@H](O)C2O)c(CC=C(C)C)c2c1[C@H](O)[C@H](O)[C@@H](c1ccc(O)cc1)O2. The number of aliphatic hydroxyl groups excluding tert-OH is 6. The second-order valence-corrected chi connectivity index (χ2v) is 9.66. The predicted octanol–water partition coefficient (Wildman–Crippen LogP) is 0.616. The van der Waals surface area contributed by atoms with Crippen LogP contribution in [0.2, 0.25) is 0 Å². The number of methoxy groups -OCH3 is 1. The van der Waals surface area contributed by atoms with Gasteiger partial charge in [0.15, 0.2) is 6.10 Å². The van der Waals surface area contributed by atoms with Gasteiger partial charge in [-0.1, -0.05) is 23.8 Å². The summed E-state index contributed by atoms with van der Waals surface area (Å²) < 4.78 is 23.3. The van der Waals surface area contributed by atoms with Gasteiger partial charge in [0.25, 0.3) is 0 Å². The van der Waals surface area contributed by atoms with Crippen LogP contribution in [0, 0.1) is 0 Å². The number of rotatable bonds is 7. The molecule has 208 valence electrons. The van der Waals surface area contributed by atoms with E-state index in [4.69, 9.17) is 18.9 Å². The second-order valence-electron chi connectivity index (χ2n) is 9.66. The number of ether oxygens (including phenoxy) is 4. The van der Waals surface area contributed by atoms with Crippen molar-refractivity contribution in [3.8, 4) is 23.0 Å². The summed E-state index contributed by atoms with van der Waals surface area (Å²) >= 11 is 0. The van der Waals surface area contributed by atoms with E-state index in [2.05, 4.69) is 0 Å². The minimum Gasteiger partial charge on any atom is -0.508 e. The van der Waals surface area contributed by atoms with Gasteiger partial charge < -0.3 is 54.7 Å². The van der Waals surface area contributed by atoms with E-state index in [0.717, 1.165) is 5.57 Å². The van der Waals surface area contributed by atoms with Crippen molar-refractivity contribution in [2.75, 3.05) is 13.7 Å². The molecule has 8 atom stereocenters. The minimum atomic E-state index is -1.65. The van der Waals surface area contributed by atoms with E-state index in [1.807, 2.05) is 19.9 Å². The summed E-state index contributed by atoms with van der Waals surface area (Å²) in [5.41, 5.74) is 2.12. The quantitative estimate of drug-likeness (QED) is 0.248. The standard InChI is InChI=1S/C27H34O11/c1-12(2)4-9-15-16(36-27-24(34)22(32)20(30)18(11-28)37-27)10-17(35-3)19-21(31)23(33)25(38-26(15)19)13-5-7-14(29)8-6-13/h4-8,10,18,20-25,27-34H,9,11H2,1-3H3/t18?,20-,21+,22+,23+,24?,25-,27-/m1/s1. The first-order valence-corrected chi connectivity index (χ1v) is 12.2. The molecule has 4 rings (SSSR count). The number of benzene rings is 2. The fourth-order valence-corrected chi connectivity index (χ4v) is 4.61. The van der Waals surface area contributed by atoms with Crippen LogP contribution in [0.3, 0.4) is 0 Å². The lowest BCUT2D eigenvalue weighted by molar-refractivity contribution is -0.277. The molecule has 7 N–H and O–H groups in total. The first-order valence-electron chi connectivity index (χ1n) is 12.2. The normalized spacial score (nSPS) is 30.7. The summed E-state index contributed by atoms with van der Waals surface area (Å²) in [6.45, 7) is 3.17. The Bertz CT molecular complexity index is 1140. The van der Waals surface area contributed by atoms with Crippen molar-refractivity contribution in [3.05, 3.63) is 58.7 Å². The zero-order valence-corrected chi connectivity index (χ0v) is 21.3. The zero-order chi connectivity index (χ0) is 27.7. The van der Waals surface area contributed by atoms with Crippen molar-refractivity contribution in [1.82, 2.24) is 0 Å². The molecule has 38 heavy (non-hydrogen) atoms. The van der Waals surface area contributed by atoms with E-state index in [1.165, 1.54) is 25.3 Å². The van der Waals surface area contributed by atoms with Crippen molar-refractivity contribution in [2.24, 2.45) is 0 Å². The maximum atomic E-state index is 11.1. The monoisotopic (exact) mass is 534 g/mol. The molecule has 2 aliphatic rings. The van der Waals surface area contributed by atoms with Gasteiger partial charge in [0, 0.05) is 11.6 Å². The number of fused-ring (bicyclic) bond motifs is 1. The summed E-state index contributed by atoms with van der Waals surface area (Å²) in [5, 5.41) is 72.2. The Balaban J connectivity index is 1.82. The lowest BCUT2D eigenvalue weighted by Crippen LogP contribution is -2.60. The van der Waals surface area contributed by atoms with Crippen molar-refractivity contribution in [3.63, 3.8) is 0 Å². The maximum absolute atomic E-state index is 11.1. The molecule has 0 aromatic heterocycles. The van der Waals surface area contributed by atoms with Crippen molar-refractivity contribution >= 4 is 0 Å². The van der Waals surface area contributed by atoms with Crippen LogP contribution in [-0.2, 0) is 11.2 Å². The molecule has 2 unspecified atom stereocenters. The molecule has 0 spiro atoms. The van der Waals surface area contributed by atoms with E-state index in [1.54, 1.807) is 12.1 Å². The van der Waals surface area contributed by atoms with Gasteiger partial charge in [-0.3, -0.25) is 0 Å². The molecular formula is C27H34O11. The average Bonchev–Trinajstić information content (AvgIpc) is 2.90. The Morgan fingerprint density at radius 2 is 1.63 bits per heavy atom. The summed E-state index contributed by atoms with van der Waals surface area (Å²) in [4.78, 5) is 0. The molecule has 1 saturated heterocycles. The Labute approximate surface area is 219 Å². The highest BCUT2D eigenvalue weighted by molar-refractivity contribution is 5.60. The van der Waals surface area contributed by atoms with Gasteiger partial charge in [-0.05, 0) is 38.0 Å². The summed E-state index contributed by atoms with van der Waals surface area (Å²) in [5.74, 6) is 0.491. The smallest absolute Gasteiger partial charge is 0.229 e. The highest BCUT2D eigenvalue weighted by atomic mass is 16.7. The van der Waals surface area contributed by atoms with Crippen LogP contribution in [0.1, 0.15) is 42.7 Å². The van der Waals surface area contributed by atoms with Crippen LogP contribution in [0.4, 0.5) is 0 Å². The highest BCUT2D eigenvalue weighted by Gasteiger charge is 2.46. The third-order valence-electron chi connectivity index (χ3n) is 6.77. The Hall–Kier alpha value is -2.90. The van der Waals surface area contributed by atoms with Gasteiger partial charge in [0.05, 0.1) is 19.3 Å². The van der Waals surface area contributed by atoms with E-state index in [-0.39, 0.29) is 35.0 Å². The molecule has 2 aromatic carbocycles. The van der Waals surface area contributed by atoms with Crippen LogP contribution in [0.25, 0.3) is 0 Å². The lowest BCUT2D eigenvalue weighted by atomic mass is 9.89. The van der Waals surface area contributed by atoms with Crippen LogP contribution >= 0.6 is 0 Å². The highest BCUT2D eigenvalue weighted by Crippen LogP contribution is 2.51. The molecule has 11 nitrogen and oxygen atoms in total. The molecule has 2 aliphatic heterocycles. The van der Waals surface area contributed by atoms with Crippen LogP contribution in [0.15, 0.2) is 42.0 Å². The van der Waals surface area contributed by atoms with E-state index >= 15 is 0 Å². The zero-order valence-electron chi connectivity index (χ0n) is 21.3. The predicted molar refractivity (Wildman–Crippen MR) is 133 cm³/mol. The third kappa shape index (κ3) is 5.32. The van der Waals surface area contributed by atoms with Crippen LogP contribution in [0.5, 0.6) is 23.0 Å². The fraction of sp³-hybridized carbons (Fsp3) is 0.481. The van der Waals surface area contributed by atoms with Gasteiger partial charge in [0.2, 0.25) is 6.29 Å². The van der Waals surface area contributed by atoms with Gasteiger partial charge in [-0.15, -0.1) is 0 Å². The van der Waals surface area contributed by atoms with Crippen LogP contribution in [-0.4, -0.2) is 86.3 Å². The summed E-state index contributed by atoms with van der Waals surface area (Å²) in [7, 11) is 1.37. The molecule has 2 aromatic rings. The number of aliphatic hydroxyl groups is 6. The summed E-state index contributed by atoms with van der Waals surface area (Å²) in [6, 6.07) is 7.48. The topological polar surface area (TPSA) is 179 Å². The first-order chi connectivity index (χ1) is 18.1. The fourth-order valence-electron chi connectivity index (χ4n) is 4.61. The number of phenolic OH excluding ortho intramolecular Hbond substituents is 1. The second kappa shape index (κ2) is 11.5. The number of phenols is 1. The first kappa shape index (κ1) is 28.1. The van der Waals surface area contributed by atoms with Crippen LogP contribution < -0.4 is 14.2 Å². The Kier molecular flexibility index (Phi) is 8.48. The van der Waals surface area contributed by atoms with Gasteiger partial charge in [-0.2, -0.15) is 0 Å². The van der Waals surface area contributed by atoms with E-state index in [0.29, 0.717) is 11.1 Å². The number of hydrogen-bond donors (Lipinski definition) is 7. The molecule has 0 bridgehead atoms. The number of allylic oxidation sites excluding steroid dienone is 2. The van der Waals surface area contributed by atoms with Gasteiger partial charge in [-0.25, -0.2) is 0 Å². The largest absolute Gasteiger partial charge is 0.508 e. The Morgan fingerprint density at radius 3 is 2.24 bits per heavy atom. The Morgan fingerprint density at radius 1 is 0.947 bits per heavy atom. The molecule has 1 fully saturated rings. The maximum Gasteiger partial charge on any atom is 0.229 e. The minimum absolute atomic E-state index is 0.0288.